The van der Waals surface area contributed by atoms with Crippen LogP contribution in [0.15, 0.2) is 30.5 Å². The lowest BCUT2D eigenvalue weighted by Crippen LogP contribution is -2.41. The first kappa shape index (κ1) is 16.8. The summed E-state index contributed by atoms with van der Waals surface area (Å²) in [4.78, 5) is 19.4. The van der Waals surface area contributed by atoms with Gasteiger partial charge in [0, 0.05) is 25.1 Å². The average molecular weight is 346 g/mol. The molecule has 2 heterocycles. The molecule has 1 aromatic carbocycles. The van der Waals surface area contributed by atoms with Gasteiger partial charge in [-0.1, -0.05) is 6.07 Å². The zero-order chi connectivity index (χ0) is 16.9. The summed E-state index contributed by atoms with van der Waals surface area (Å²) in [6.45, 7) is 4.08. The van der Waals surface area contributed by atoms with Crippen molar-refractivity contribution in [2.24, 2.45) is 5.92 Å². The SMILES string of the molecule is COc1cccc(OCC2CCCN(C(=O)c3cnc(C)s3)C2)c1. The van der Waals surface area contributed by atoms with Crippen LogP contribution in [0.5, 0.6) is 11.5 Å². The van der Waals surface area contributed by atoms with Gasteiger partial charge in [0.25, 0.3) is 5.91 Å². The number of methoxy groups -OCH3 is 1. The number of nitrogens with zero attached hydrogens (tertiary/aromatic N) is 2. The number of aromatic nitrogens is 1. The van der Waals surface area contributed by atoms with Gasteiger partial charge in [-0.15, -0.1) is 11.3 Å². The van der Waals surface area contributed by atoms with Crippen molar-refractivity contribution >= 4 is 17.2 Å². The second-order valence-electron chi connectivity index (χ2n) is 5.99. The topological polar surface area (TPSA) is 51.7 Å². The molecule has 1 saturated heterocycles. The predicted molar refractivity (Wildman–Crippen MR) is 94.0 cm³/mol. The Kier molecular flexibility index (Phi) is 5.35. The molecule has 1 fully saturated rings. The summed E-state index contributed by atoms with van der Waals surface area (Å²) in [7, 11) is 1.64. The minimum absolute atomic E-state index is 0.0895. The molecule has 128 valence electrons. The Hall–Kier alpha value is -2.08. The van der Waals surface area contributed by atoms with Gasteiger partial charge in [0.2, 0.25) is 0 Å². The number of rotatable bonds is 5. The lowest BCUT2D eigenvalue weighted by Gasteiger charge is -2.32. The van der Waals surface area contributed by atoms with Crippen molar-refractivity contribution in [3.63, 3.8) is 0 Å². The standard InChI is InChI=1S/C18H22N2O3S/c1-13-19-10-17(24-13)18(21)20-8-4-5-14(11-20)12-23-16-7-3-6-15(9-16)22-2/h3,6-7,9-10,14H,4-5,8,11-12H2,1-2H3. The van der Waals surface area contributed by atoms with E-state index in [4.69, 9.17) is 9.47 Å². The van der Waals surface area contributed by atoms with Crippen LogP contribution in [-0.4, -0.2) is 42.6 Å². The molecule has 1 unspecified atom stereocenters. The summed E-state index contributed by atoms with van der Waals surface area (Å²) < 4.78 is 11.1. The highest BCUT2D eigenvalue weighted by Crippen LogP contribution is 2.23. The molecule has 0 saturated carbocycles. The van der Waals surface area contributed by atoms with Crippen LogP contribution in [0.4, 0.5) is 0 Å². The number of thiazole rings is 1. The van der Waals surface area contributed by atoms with Crippen molar-refractivity contribution in [2.75, 3.05) is 26.8 Å². The first-order chi connectivity index (χ1) is 11.7. The number of hydrogen-bond acceptors (Lipinski definition) is 5. The summed E-state index contributed by atoms with van der Waals surface area (Å²) in [5.74, 6) is 2.03. The zero-order valence-electron chi connectivity index (χ0n) is 14.0. The third kappa shape index (κ3) is 4.06. The first-order valence-corrected chi connectivity index (χ1v) is 8.96. The number of carbonyl (C=O) groups is 1. The fraction of sp³-hybridized carbons (Fsp3) is 0.444. The molecule has 1 aromatic heterocycles. The Labute approximate surface area is 146 Å². The highest BCUT2D eigenvalue weighted by atomic mass is 32.1. The van der Waals surface area contributed by atoms with E-state index >= 15 is 0 Å². The molecule has 6 heteroatoms. The van der Waals surface area contributed by atoms with Gasteiger partial charge in [-0.2, -0.15) is 0 Å². The summed E-state index contributed by atoms with van der Waals surface area (Å²) in [5.41, 5.74) is 0. The minimum atomic E-state index is 0.0895. The second-order valence-corrected chi connectivity index (χ2v) is 7.23. The van der Waals surface area contributed by atoms with Crippen molar-refractivity contribution in [1.29, 1.82) is 0 Å². The van der Waals surface area contributed by atoms with Crippen LogP contribution in [0.3, 0.4) is 0 Å². The van der Waals surface area contributed by atoms with E-state index in [-0.39, 0.29) is 5.91 Å². The van der Waals surface area contributed by atoms with Crippen LogP contribution in [0.2, 0.25) is 0 Å². The summed E-state index contributed by atoms with van der Waals surface area (Å²) >= 11 is 1.46. The molecule has 0 N–H and O–H groups in total. The van der Waals surface area contributed by atoms with Gasteiger partial charge in [0.05, 0.1) is 24.9 Å². The van der Waals surface area contributed by atoms with Crippen LogP contribution in [0, 0.1) is 12.8 Å². The van der Waals surface area contributed by atoms with Crippen LogP contribution in [0.1, 0.15) is 27.5 Å². The monoisotopic (exact) mass is 346 g/mol. The Morgan fingerprint density at radius 1 is 1.42 bits per heavy atom. The molecular formula is C18H22N2O3S. The summed E-state index contributed by atoms with van der Waals surface area (Å²) in [5, 5.41) is 0.924. The van der Waals surface area contributed by atoms with Gasteiger partial charge >= 0.3 is 0 Å². The second kappa shape index (κ2) is 7.66. The fourth-order valence-electron chi connectivity index (χ4n) is 2.91. The maximum atomic E-state index is 12.6. The molecule has 0 radical (unpaired) electrons. The van der Waals surface area contributed by atoms with E-state index in [2.05, 4.69) is 4.98 Å². The average Bonchev–Trinajstić information content (AvgIpc) is 3.06. The molecule has 0 bridgehead atoms. The largest absolute Gasteiger partial charge is 0.497 e. The number of amides is 1. The Balaban J connectivity index is 1.56. The number of likely N-dealkylation sites (tertiary alicyclic amines) is 1. The van der Waals surface area contributed by atoms with Gasteiger partial charge in [0.1, 0.15) is 16.4 Å². The molecule has 1 amide bonds. The summed E-state index contributed by atoms with van der Waals surface area (Å²) in [6.07, 6.45) is 3.77. The van der Waals surface area contributed by atoms with Crippen molar-refractivity contribution in [3.8, 4) is 11.5 Å². The van der Waals surface area contributed by atoms with E-state index in [9.17, 15) is 4.79 Å². The van der Waals surface area contributed by atoms with E-state index in [0.717, 1.165) is 47.3 Å². The number of ether oxygens (including phenoxy) is 2. The molecule has 0 spiro atoms. The predicted octanol–water partition coefficient (Wildman–Crippen LogP) is 3.39. The van der Waals surface area contributed by atoms with Gasteiger partial charge in [-0.25, -0.2) is 4.98 Å². The van der Waals surface area contributed by atoms with Crippen LogP contribution >= 0.6 is 11.3 Å². The van der Waals surface area contributed by atoms with E-state index in [1.807, 2.05) is 36.1 Å². The molecule has 1 aliphatic heterocycles. The lowest BCUT2D eigenvalue weighted by atomic mass is 9.99. The first-order valence-electron chi connectivity index (χ1n) is 8.14. The van der Waals surface area contributed by atoms with E-state index in [1.54, 1.807) is 13.3 Å². The number of aryl methyl sites for hydroxylation is 1. The number of benzene rings is 1. The molecule has 24 heavy (non-hydrogen) atoms. The zero-order valence-corrected chi connectivity index (χ0v) is 14.8. The van der Waals surface area contributed by atoms with Gasteiger partial charge in [0.15, 0.2) is 0 Å². The van der Waals surface area contributed by atoms with E-state index in [0.29, 0.717) is 12.5 Å². The Morgan fingerprint density at radius 2 is 2.25 bits per heavy atom. The molecule has 3 rings (SSSR count). The molecule has 2 aromatic rings. The van der Waals surface area contributed by atoms with Gasteiger partial charge < -0.3 is 14.4 Å². The maximum Gasteiger partial charge on any atom is 0.265 e. The molecular weight excluding hydrogens is 324 g/mol. The van der Waals surface area contributed by atoms with Crippen LogP contribution < -0.4 is 9.47 Å². The van der Waals surface area contributed by atoms with E-state index in [1.165, 1.54) is 11.3 Å². The van der Waals surface area contributed by atoms with Gasteiger partial charge in [-0.3, -0.25) is 4.79 Å². The number of carbonyl (C=O) groups excluding carboxylic acids is 1. The molecule has 5 nitrogen and oxygen atoms in total. The highest BCUT2D eigenvalue weighted by molar-refractivity contribution is 7.13. The van der Waals surface area contributed by atoms with E-state index < -0.39 is 0 Å². The normalized spacial score (nSPS) is 17.6. The fourth-order valence-corrected chi connectivity index (χ4v) is 3.65. The minimum Gasteiger partial charge on any atom is -0.497 e. The smallest absolute Gasteiger partial charge is 0.265 e. The number of hydrogen-bond donors (Lipinski definition) is 0. The molecule has 1 aliphatic rings. The van der Waals surface area contributed by atoms with Crippen molar-refractivity contribution in [1.82, 2.24) is 9.88 Å². The van der Waals surface area contributed by atoms with Crippen molar-refractivity contribution in [2.45, 2.75) is 19.8 Å². The molecule has 0 aliphatic carbocycles. The van der Waals surface area contributed by atoms with Gasteiger partial charge in [-0.05, 0) is 31.9 Å². The van der Waals surface area contributed by atoms with Crippen molar-refractivity contribution < 1.29 is 14.3 Å². The maximum absolute atomic E-state index is 12.6. The third-order valence-corrected chi connectivity index (χ3v) is 5.07. The van der Waals surface area contributed by atoms with Crippen molar-refractivity contribution in [3.05, 3.63) is 40.3 Å². The molecule has 1 atom stereocenters. The van der Waals surface area contributed by atoms with Crippen LogP contribution in [-0.2, 0) is 0 Å². The Bertz CT molecular complexity index is 701. The van der Waals surface area contributed by atoms with Crippen LogP contribution in [0.25, 0.3) is 0 Å². The third-order valence-electron chi connectivity index (χ3n) is 4.17. The number of piperidine rings is 1. The lowest BCUT2D eigenvalue weighted by molar-refractivity contribution is 0.0638. The Morgan fingerprint density at radius 3 is 3.00 bits per heavy atom. The quantitative estimate of drug-likeness (QED) is 0.833. The summed E-state index contributed by atoms with van der Waals surface area (Å²) in [6, 6.07) is 7.61. The highest BCUT2D eigenvalue weighted by Gasteiger charge is 2.26.